The van der Waals surface area contributed by atoms with E-state index in [-0.39, 0.29) is 23.8 Å². The fourth-order valence-corrected chi connectivity index (χ4v) is 5.29. The smallest absolute Gasteiger partial charge is 0.237 e. The first-order valence-electron chi connectivity index (χ1n) is 11.7. The van der Waals surface area contributed by atoms with Gasteiger partial charge >= 0.3 is 0 Å². The molecule has 7 nitrogen and oxygen atoms in total. The lowest BCUT2D eigenvalue weighted by molar-refractivity contribution is -0.134. The maximum Gasteiger partial charge on any atom is 0.237 e. The summed E-state index contributed by atoms with van der Waals surface area (Å²) in [6.45, 7) is 8.22. The number of hydrogen-bond donors (Lipinski definition) is 2. The Morgan fingerprint density at radius 2 is 1.87 bits per heavy atom. The van der Waals surface area contributed by atoms with Gasteiger partial charge in [0.1, 0.15) is 0 Å². The highest BCUT2D eigenvalue weighted by molar-refractivity contribution is 5.88. The maximum atomic E-state index is 12.9. The van der Waals surface area contributed by atoms with Crippen LogP contribution in [0, 0.1) is 6.92 Å². The predicted molar refractivity (Wildman–Crippen MR) is 120 cm³/mol. The van der Waals surface area contributed by atoms with Gasteiger partial charge in [-0.15, -0.1) is 0 Å². The average molecular weight is 429 g/mol. The molecular weight excluding hydrogens is 392 g/mol. The molecule has 2 amide bonds. The zero-order chi connectivity index (χ0) is 21.7. The molecule has 1 saturated carbocycles. The van der Waals surface area contributed by atoms with Crippen molar-refractivity contribution >= 4 is 11.8 Å². The minimum atomic E-state index is -0.419. The van der Waals surface area contributed by atoms with E-state index in [2.05, 4.69) is 51.6 Å². The summed E-state index contributed by atoms with van der Waals surface area (Å²) in [7, 11) is 0. The van der Waals surface area contributed by atoms with E-state index in [0.717, 1.165) is 45.7 Å². The summed E-state index contributed by atoms with van der Waals surface area (Å²) in [5.74, 6) is -0.0761. The normalized spacial score (nSPS) is 24.7. The number of aryl methyl sites for hydroxylation is 1. The van der Waals surface area contributed by atoms with Crippen molar-refractivity contribution in [1.82, 2.24) is 20.4 Å². The maximum absolute atomic E-state index is 12.9. The number of nitrogens with zero attached hydrogens (tertiary/aromatic N) is 2. The molecule has 170 valence electrons. The fraction of sp³-hybridized carbons (Fsp3) is 0.667. The molecule has 31 heavy (non-hydrogen) atoms. The van der Waals surface area contributed by atoms with Crippen LogP contribution in [0.15, 0.2) is 24.3 Å². The van der Waals surface area contributed by atoms with Gasteiger partial charge in [0, 0.05) is 44.8 Å². The standard InChI is InChI=1S/C24H36N4O3/c1-19-4-6-20(7-5-19)17-27-11-10-25-23(30)21(27)16-22(29)26-18-24(8-2-3-9-24)28-12-14-31-15-13-28/h4-7,21H,2-3,8-18H2,1H3,(H,25,30)(H,26,29). The number of carbonyl (C=O) groups excluding carboxylic acids is 2. The topological polar surface area (TPSA) is 73.9 Å². The number of benzene rings is 1. The molecule has 2 aliphatic heterocycles. The number of nitrogens with one attached hydrogen (secondary N) is 2. The second kappa shape index (κ2) is 10.1. The highest BCUT2D eigenvalue weighted by Gasteiger charge is 2.40. The molecule has 1 atom stereocenters. The van der Waals surface area contributed by atoms with E-state index in [1.807, 2.05) is 0 Å². The third kappa shape index (κ3) is 5.45. The molecule has 1 aliphatic carbocycles. The van der Waals surface area contributed by atoms with Gasteiger partial charge < -0.3 is 15.4 Å². The zero-order valence-electron chi connectivity index (χ0n) is 18.7. The van der Waals surface area contributed by atoms with Crippen LogP contribution >= 0.6 is 0 Å². The van der Waals surface area contributed by atoms with Gasteiger partial charge in [-0.25, -0.2) is 0 Å². The molecule has 0 spiro atoms. The van der Waals surface area contributed by atoms with E-state index in [0.29, 0.717) is 19.6 Å². The Hall–Kier alpha value is -1.96. The number of carbonyl (C=O) groups is 2. The second-order valence-electron chi connectivity index (χ2n) is 9.27. The van der Waals surface area contributed by atoms with E-state index in [1.54, 1.807) is 0 Å². The highest BCUT2D eigenvalue weighted by atomic mass is 16.5. The molecule has 2 saturated heterocycles. The second-order valence-corrected chi connectivity index (χ2v) is 9.27. The van der Waals surface area contributed by atoms with Crippen molar-refractivity contribution in [3.05, 3.63) is 35.4 Å². The molecule has 4 rings (SSSR count). The number of piperazine rings is 1. The van der Waals surface area contributed by atoms with Crippen LogP contribution in [0.4, 0.5) is 0 Å². The molecule has 3 fully saturated rings. The van der Waals surface area contributed by atoms with Crippen molar-refractivity contribution in [3.63, 3.8) is 0 Å². The Balaban J connectivity index is 1.36. The molecule has 1 aromatic rings. The van der Waals surface area contributed by atoms with E-state index < -0.39 is 6.04 Å². The van der Waals surface area contributed by atoms with Crippen molar-refractivity contribution in [3.8, 4) is 0 Å². The number of ether oxygens (including phenoxy) is 1. The van der Waals surface area contributed by atoms with E-state index in [4.69, 9.17) is 4.74 Å². The van der Waals surface area contributed by atoms with Crippen LogP contribution in [0.3, 0.4) is 0 Å². The van der Waals surface area contributed by atoms with Crippen LogP contribution in [0.2, 0.25) is 0 Å². The Labute approximate surface area is 185 Å². The molecule has 0 radical (unpaired) electrons. The van der Waals surface area contributed by atoms with Gasteiger partial charge in [-0.05, 0) is 25.3 Å². The summed E-state index contributed by atoms with van der Waals surface area (Å²) < 4.78 is 5.53. The molecular formula is C24H36N4O3. The lowest BCUT2D eigenvalue weighted by Crippen LogP contribution is -2.59. The van der Waals surface area contributed by atoms with Crippen LogP contribution < -0.4 is 10.6 Å². The quantitative estimate of drug-likeness (QED) is 0.688. The SMILES string of the molecule is Cc1ccc(CN2CCNC(=O)C2CC(=O)NCC2(N3CCOCC3)CCCC2)cc1. The van der Waals surface area contributed by atoms with Crippen LogP contribution in [-0.4, -0.2) is 79.1 Å². The van der Waals surface area contributed by atoms with Crippen molar-refractivity contribution in [2.45, 2.75) is 57.2 Å². The van der Waals surface area contributed by atoms with Crippen molar-refractivity contribution in [2.75, 3.05) is 45.9 Å². The first-order valence-corrected chi connectivity index (χ1v) is 11.7. The summed E-state index contributed by atoms with van der Waals surface area (Å²) in [6.07, 6.45) is 4.87. The minimum absolute atomic E-state index is 0.0320. The van der Waals surface area contributed by atoms with Gasteiger partial charge in [-0.1, -0.05) is 42.7 Å². The molecule has 0 bridgehead atoms. The van der Waals surface area contributed by atoms with E-state index >= 15 is 0 Å². The Morgan fingerprint density at radius 1 is 1.16 bits per heavy atom. The van der Waals surface area contributed by atoms with E-state index in [9.17, 15) is 9.59 Å². The first-order chi connectivity index (χ1) is 15.1. The average Bonchev–Trinajstić information content (AvgIpc) is 3.27. The van der Waals surface area contributed by atoms with Gasteiger partial charge in [-0.2, -0.15) is 0 Å². The van der Waals surface area contributed by atoms with E-state index in [1.165, 1.54) is 24.0 Å². The minimum Gasteiger partial charge on any atom is -0.379 e. The molecule has 2 heterocycles. The van der Waals surface area contributed by atoms with Gasteiger partial charge in [0.2, 0.25) is 11.8 Å². The number of rotatable bonds is 7. The van der Waals surface area contributed by atoms with Crippen LogP contribution in [0.25, 0.3) is 0 Å². The summed E-state index contributed by atoms with van der Waals surface area (Å²) >= 11 is 0. The lowest BCUT2D eigenvalue weighted by Gasteiger charge is -2.43. The molecule has 0 aromatic heterocycles. The third-order valence-corrected chi connectivity index (χ3v) is 7.16. The van der Waals surface area contributed by atoms with Gasteiger partial charge in [0.15, 0.2) is 0 Å². The molecule has 1 aromatic carbocycles. The predicted octanol–water partition coefficient (Wildman–Crippen LogP) is 1.45. The van der Waals surface area contributed by atoms with Crippen LogP contribution in [0.5, 0.6) is 0 Å². The van der Waals surface area contributed by atoms with Gasteiger partial charge in [0.05, 0.1) is 25.7 Å². The fourth-order valence-electron chi connectivity index (χ4n) is 5.29. The number of hydrogen-bond acceptors (Lipinski definition) is 5. The Kier molecular flexibility index (Phi) is 7.25. The zero-order valence-corrected chi connectivity index (χ0v) is 18.7. The Bertz CT molecular complexity index is 755. The van der Waals surface area contributed by atoms with Crippen molar-refractivity contribution in [2.24, 2.45) is 0 Å². The third-order valence-electron chi connectivity index (χ3n) is 7.16. The van der Waals surface area contributed by atoms with Gasteiger partial charge in [0.25, 0.3) is 0 Å². The van der Waals surface area contributed by atoms with Crippen LogP contribution in [-0.2, 0) is 20.9 Å². The van der Waals surface area contributed by atoms with Crippen molar-refractivity contribution < 1.29 is 14.3 Å². The number of amides is 2. The molecule has 3 aliphatic rings. The summed E-state index contributed by atoms with van der Waals surface area (Å²) in [5, 5.41) is 6.13. The van der Waals surface area contributed by atoms with Crippen molar-refractivity contribution in [1.29, 1.82) is 0 Å². The summed E-state index contributed by atoms with van der Waals surface area (Å²) in [6, 6.07) is 7.97. The highest BCUT2D eigenvalue weighted by Crippen LogP contribution is 2.35. The monoisotopic (exact) mass is 428 g/mol. The summed E-state index contributed by atoms with van der Waals surface area (Å²) in [4.78, 5) is 30.2. The molecule has 2 N–H and O–H groups in total. The lowest BCUT2D eigenvalue weighted by atomic mass is 9.94. The number of morpholine rings is 1. The van der Waals surface area contributed by atoms with Crippen LogP contribution in [0.1, 0.15) is 43.2 Å². The Morgan fingerprint density at radius 3 is 2.58 bits per heavy atom. The summed E-state index contributed by atoms with van der Waals surface area (Å²) in [5.41, 5.74) is 2.44. The van der Waals surface area contributed by atoms with Gasteiger partial charge in [-0.3, -0.25) is 19.4 Å². The first kappa shape index (κ1) is 22.2. The molecule has 7 heteroatoms. The largest absolute Gasteiger partial charge is 0.379 e. The molecule has 1 unspecified atom stereocenters.